The molecule has 0 aliphatic heterocycles. The predicted molar refractivity (Wildman–Crippen MR) is 129 cm³/mol. The number of ether oxygens (including phenoxy) is 3. The van der Waals surface area contributed by atoms with Crippen molar-refractivity contribution in [3.05, 3.63) is 81.4 Å². The minimum Gasteiger partial charge on any atom is -0.495 e. The Balaban J connectivity index is 1.86. The maximum Gasteiger partial charge on any atom is 0.255 e. The van der Waals surface area contributed by atoms with Crippen LogP contribution in [0.15, 0.2) is 48.5 Å². The topological polar surface area (TPSA) is 56.8 Å². The van der Waals surface area contributed by atoms with E-state index in [1.807, 2.05) is 26.8 Å². The zero-order valence-electron chi connectivity index (χ0n) is 19.0. The molecule has 0 saturated heterocycles. The van der Waals surface area contributed by atoms with E-state index in [0.717, 1.165) is 22.4 Å². The smallest absolute Gasteiger partial charge is 0.255 e. The van der Waals surface area contributed by atoms with Gasteiger partial charge < -0.3 is 19.5 Å². The molecule has 3 aromatic carbocycles. The van der Waals surface area contributed by atoms with Crippen molar-refractivity contribution in [1.29, 1.82) is 0 Å². The van der Waals surface area contributed by atoms with Crippen LogP contribution in [0, 0.1) is 20.8 Å². The SMILES string of the molecule is CCOc1ccc(C(=O)Nc2cc(Cl)ccc2OC)cc1COc1cc(C)cc(C)c1C. The monoisotopic (exact) mass is 453 g/mol. The summed E-state index contributed by atoms with van der Waals surface area (Å²) in [6, 6.07) is 14.5. The Morgan fingerprint density at radius 1 is 0.938 bits per heavy atom. The molecule has 0 saturated carbocycles. The van der Waals surface area contributed by atoms with Crippen LogP contribution in [0.2, 0.25) is 5.02 Å². The van der Waals surface area contributed by atoms with Crippen molar-refractivity contribution in [3.63, 3.8) is 0 Å². The first-order valence-corrected chi connectivity index (χ1v) is 10.8. The lowest BCUT2D eigenvalue weighted by Crippen LogP contribution is -2.14. The molecular formula is C26H28ClNO4. The van der Waals surface area contributed by atoms with Gasteiger partial charge >= 0.3 is 0 Å². The Bertz CT molecular complexity index is 1130. The van der Waals surface area contributed by atoms with Gasteiger partial charge in [-0.25, -0.2) is 0 Å². The molecular weight excluding hydrogens is 426 g/mol. The summed E-state index contributed by atoms with van der Waals surface area (Å²) in [7, 11) is 1.54. The standard InChI is InChI=1S/C26H28ClNO4/c1-6-31-23-9-7-19(26(29)28-22-14-21(27)8-10-24(22)30-5)13-20(23)15-32-25-12-16(2)11-17(3)18(25)4/h7-14H,6,15H2,1-5H3,(H,28,29). The van der Waals surface area contributed by atoms with Gasteiger partial charge in [0.2, 0.25) is 0 Å². The molecule has 0 aliphatic carbocycles. The zero-order chi connectivity index (χ0) is 23.3. The minimum absolute atomic E-state index is 0.278. The first kappa shape index (κ1) is 23.5. The summed E-state index contributed by atoms with van der Waals surface area (Å²) in [5.41, 5.74) is 5.17. The second-order valence-electron chi connectivity index (χ2n) is 7.55. The molecule has 0 atom stereocenters. The number of nitrogens with one attached hydrogen (secondary N) is 1. The average Bonchev–Trinajstić information content (AvgIpc) is 2.76. The summed E-state index contributed by atoms with van der Waals surface area (Å²) in [6.45, 7) is 8.86. The molecule has 1 amide bonds. The van der Waals surface area contributed by atoms with Crippen LogP contribution in [-0.2, 0) is 6.61 Å². The predicted octanol–water partition coefficient (Wildman–Crippen LogP) is 6.50. The Morgan fingerprint density at radius 3 is 2.41 bits per heavy atom. The van der Waals surface area contributed by atoms with Crippen molar-refractivity contribution < 1.29 is 19.0 Å². The molecule has 6 heteroatoms. The van der Waals surface area contributed by atoms with E-state index in [1.165, 1.54) is 5.56 Å². The molecule has 3 aromatic rings. The van der Waals surface area contributed by atoms with Crippen LogP contribution in [0.25, 0.3) is 0 Å². The number of aryl methyl sites for hydroxylation is 2. The quantitative estimate of drug-likeness (QED) is 0.422. The summed E-state index contributed by atoms with van der Waals surface area (Å²) in [5, 5.41) is 3.37. The van der Waals surface area contributed by atoms with Gasteiger partial charge in [-0.15, -0.1) is 0 Å². The Labute approximate surface area is 194 Å². The van der Waals surface area contributed by atoms with Crippen molar-refractivity contribution in [1.82, 2.24) is 0 Å². The van der Waals surface area contributed by atoms with E-state index in [2.05, 4.69) is 18.3 Å². The molecule has 5 nitrogen and oxygen atoms in total. The minimum atomic E-state index is -0.280. The number of rotatable bonds is 8. The Morgan fingerprint density at radius 2 is 1.69 bits per heavy atom. The average molecular weight is 454 g/mol. The normalized spacial score (nSPS) is 10.6. The van der Waals surface area contributed by atoms with Gasteiger partial charge in [0.25, 0.3) is 5.91 Å². The Kier molecular flexibility index (Phi) is 7.65. The molecule has 0 spiro atoms. The molecule has 32 heavy (non-hydrogen) atoms. The molecule has 168 valence electrons. The molecule has 3 rings (SSSR count). The van der Waals surface area contributed by atoms with Gasteiger partial charge in [0, 0.05) is 16.1 Å². The van der Waals surface area contributed by atoms with E-state index in [0.29, 0.717) is 34.4 Å². The summed E-state index contributed by atoms with van der Waals surface area (Å²) in [4.78, 5) is 12.9. The number of benzene rings is 3. The highest BCUT2D eigenvalue weighted by atomic mass is 35.5. The molecule has 0 aliphatic rings. The summed E-state index contributed by atoms with van der Waals surface area (Å²) >= 11 is 6.08. The van der Waals surface area contributed by atoms with E-state index >= 15 is 0 Å². The fourth-order valence-electron chi connectivity index (χ4n) is 3.41. The van der Waals surface area contributed by atoms with Gasteiger partial charge in [-0.05, 0) is 86.8 Å². The van der Waals surface area contributed by atoms with Gasteiger partial charge in [0.15, 0.2) is 0 Å². The molecule has 0 radical (unpaired) electrons. The van der Waals surface area contributed by atoms with Crippen molar-refractivity contribution in [2.45, 2.75) is 34.3 Å². The number of halogens is 1. The molecule has 1 N–H and O–H groups in total. The first-order valence-electron chi connectivity index (χ1n) is 10.4. The van der Waals surface area contributed by atoms with E-state index in [9.17, 15) is 4.79 Å². The highest BCUT2D eigenvalue weighted by Gasteiger charge is 2.15. The van der Waals surface area contributed by atoms with E-state index in [4.69, 9.17) is 25.8 Å². The van der Waals surface area contributed by atoms with Gasteiger partial charge in [0.05, 0.1) is 19.4 Å². The maximum absolute atomic E-state index is 12.9. The van der Waals surface area contributed by atoms with Gasteiger partial charge in [-0.2, -0.15) is 0 Å². The van der Waals surface area contributed by atoms with Crippen molar-refractivity contribution in [2.75, 3.05) is 19.0 Å². The van der Waals surface area contributed by atoms with Gasteiger partial charge in [-0.1, -0.05) is 17.7 Å². The van der Waals surface area contributed by atoms with E-state index in [-0.39, 0.29) is 12.5 Å². The lowest BCUT2D eigenvalue weighted by Gasteiger charge is -2.16. The number of amides is 1. The van der Waals surface area contributed by atoms with E-state index in [1.54, 1.807) is 43.5 Å². The summed E-state index contributed by atoms with van der Waals surface area (Å²) < 4.78 is 17.2. The van der Waals surface area contributed by atoms with Crippen LogP contribution in [0.1, 0.15) is 39.5 Å². The van der Waals surface area contributed by atoms with Crippen LogP contribution < -0.4 is 19.5 Å². The second kappa shape index (κ2) is 10.4. The summed E-state index contributed by atoms with van der Waals surface area (Å²) in [5.74, 6) is 1.76. The van der Waals surface area contributed by atoms with Crippen LogP contribution >= 0.6 is 11.6 Å². The number of hydrogen-bond donors (Lipinski definition) is 1. The number of hydrogen-bond acceptors (Lipinski definition) is 4. The van der Waals surface area contributed by atoms with Gasteiger partial charge in [0.1, 0.15) is 23.9 Å². The third-order valence-electron chi connectivity index (χ3n) is 5.18. The number of anilines is 1. The fraction of sp³-hybridized carbons (Fsp3) is 0.269. The zero-order valence-corrected chi connectivity index (χ0v) is 19.8. The third kappa shape index (κ3) is 5.54. The van der Waals surface area contributed by atoms with Crippen LogP contribution in [0.4, 0.5) is 5.69 Å². The maximum atomic E-state index is 12.9. The van der Waals surface area contributed by atoms with E-state index < -0.39 is 0 Å². The number of methoxy groups -OCH3 is 1. The molecule has 0 fully saturated rings. The lowest BCUT2D eigenvalue weighted by molar-refractivity contribution is 0.102. The largest absolute Gasteiger partial charge is 0.495 e. The van der Waals surface area contributed by atoms with Crippen molar-refractivity contribution in [3.8, 4) is 17.2 Å². The molecule has 0 aromatic heterocycles. The van der Waals surface area contributed by atoms with Gasteiger partial charge in [-0.3, -0.25) is 4.79 Å². The van der Waals surface area contributed by atoms with Crippen LogP contribution in [0.3, 0.4) is 0 Å². The second-order valence-corrected chi connectivity index (χ2v) is 7.98. The lowest BCUT2D eigenvalue weighted by atomic mass is 10.1. The highest BCUT2D eigenvalue weighted by molar-refractivity contribution is 6.31. The Hall–Kier alpha value is -3.18. The van der Waals surface area contributed by atoms with Crippen LogP contribution in [0.5, 0.6) is 17.2 Å². The van der Waals surface area contributed by atoms with Crippen molar-refractivity contribution in [2.24, 2.45) is 0 Å². The third-order valence-corrected chi connectivity index (χ3v) is 5.41. The number of carbonyl (C=O) groups excluding carboxylic acids is 1. The highest BCUT2D eigenvalue weighted by Crippen LogP contribution is 2.30. The molecule has 0 bridgehead atoms. The summed E-state index contributed by atoms with van der Waals surface area (Å²) in [6.07, 6.45) is 0. The first-order chi connectivity index (χ1) is 15.3. The van der Waals surface area contributed by atoms with Crippen molar-refractivity contribution >= 4 is 23.2 Å². The number of carbonyl (C=O) groups is 1. The molecule has 0 heterocycles. The fourth-order valence-corrected chi connectivity index (χ4v) is 3.58. The van der Waals surface area contributed by atoms with Crippen LogP contribution in [-0.4, -0.2) is 19.6 Å². The molecule has 0 unspecified atom stereocenters.